The lowest BCUT2D eigenvalue weighted by atomic mass is 9.76. The van der Waals surface area contributed by atoms with Gasteiger partial charge in [0.25, 0.3) is 10.1 Å². The van der Waals surface area contributed by atoms with Crippen molar-refractivity contribution in [1.82, 2.24) is 0 Å². The number of aryl methyl sites for hydroxylation is 1. The van der Waals surface area contributed by atoms with E-state index >= 15 is 0 Å². The van der Waals surface area contributed by atoms with Crippen LogP contribution in [0.4, 0.5) is 0 Å². The van der Waals surface area contributed by atoms with E-state index in [0.29, 0.717) is 24.3 Å². The van der Waals surface area contributed by atoms with E-state index in [0.717, 1.165) is 11.1 Å². The Balaban J connectivity index is 1.73. The van der Waals surface area contributed by atoms with Gasteiger partial charge in [0, 0.05) is 6.42 Å². The van der Waals surface area contributed by atoms with Crippen molar-refractivity contribution in [2.75, 3.05) is 0 Å². The Kier molecular flexibility index (Phi) is 5.08. The maximum atomic E-state index is 12.5. The molecule has 1 aliphatic rings. The van der Waals surface area contributed by atoms with E-state index in [1.54, 1.807) is 42.5 Å². The summed E-state index contributed by atoms with van der Waals surface area (Å²) >= 11 is 0. The van der Waals surface area contributed by atoms with Gasteiger partial charge in [0.15, 0.2) is 32.8 Å². The highest BCUT2D eigenvalue weighted by atomic mass is 32.2. The first-order valence-electron chi connectivity index (χ1n) is 8.27. The Bertz CT molecular complexity index is 894. The van der Waals surface area contributed by atoms with Crippen LogP contribution in [0, 0.1) is 6.92 Å². The van der Waals surface area contributed by atoms with Crippen LogP contribution in [0.3, 0.4) is 0 Å². The summed E-state index contributed by atoms with van der Waals surface area (Å²) in [7, 11) is 7.35. The summed E-state index contributed by atoms with van der Waals surface area (Å²) in [5.74, 6) is 0.865. The Labute approximate surface area is 156 Å². The maximum absolute atomic E-state index is 12.5. The molecular formula is C18H18B2O5S. The van der Waals surface area contributed by atoms with Crippen molar-refractivity contribution >= 4 is 25.8 Å². The van der Waals surface area contributed by atoms with Gasteiger partial charge in [-0.05, 0) is 43.2 Å². The zero-order valence-electron chi connectivity index (χ0n) is 14.6. The molecule has 1 atom stereocenters. The molecule has 132 valence electrons. The number of hydrogen-bond donors (Lipinski definition) is 0. The number of fused-ring (bicyclic) bond motifs is 1. The summed E-state index contributed by atoms with van der Waals surface area (Å²) < 4.78 is 40.9. The molecule has 0 spiro atoms. The molecule has 0 aliphatic carbocycles. The first kappa shape index (κ1) is 18.9. The van der Waals surface area contributed by atoms with Crippen molar-refractivity contribution in [2.45, 2.75) is 43.3 Å². The minimum atomic E-state index is -3.83. The van der Waals surface area contributed by atoms with Crippen molar-refractivity contribution in [1.29, 1.82) is 0 Å². The second kappa shape index (κ2) is 7.00. The molecule has 1 unspecified atom stereocenters. The lowest BCUT2D eigenvalue weighted by molar-refractivity contribution is 0.0833. The summed E-state index contributed by atoms with van der Waals surface area (Å²) in [6.45, 7) is 3.76. The van der Waals surface area contributed by atoms with E-state index in [1.165, 1.54) is 0 Å². The molecule has 2 aromatic rings. The molecule has 0 saturated heterocycles. The Morgan fingerprint density at radius 1 is 1.08 bits per heavy atom. The highest BCUT2D eigenvalue weighted by Gasteiger charge is 2.30. The molecule has 4 radical (unpaired) electrons. The predicted molar refractivity (Wildman–Crippen MR) is 99.2 cm³/mol. The molecule has 1 heterocycles. The summed E-state index contributed by atoms with van der Waals surface area (Å²) in [5.41, 5.74) is 0.124. The van der Waals surface area contributed by atoms with Crippen LogP contribution in [0.1, 0.15) is 24.5 Å². The largest absolute Gasteiger partial charge is 0.468 e. The van der Waals surface area contributed by atoms with E-state index in [9.17, 15) is 8.42 Å². The van der Waals surface area contributed by atoms with Crippen LogP contribution in [0.15, 0.2) is 47.4 Å². The van der Waals surface area contributed by atoms with Crippen LogP contribution in [0.5, 0.6) is 11.5 Å². The molecule has 3 rings (SSSR count). The first-order chi connectivity index (χ1) is 12.2. The van der Waals surface area contributed by atoms with Crippen LogP contribution in [0.25, 0.3) is 0 Å². The Morgan fingerprint density at radius 3 is 2.38 bits per heavy atom. The van der Waals surface area contributed by atoms with E-state index in [4.69, 9.17) is 29.3 Å². The van der Waals surface area contributed by atoms with Gasteiger partial charge in [-0.1, -0.05) is 30.7 Å². The number of hydrogen-bond acceptors (Lipinski definition) is 5. The standard InChI is InChI=1S/C18H18B2O5S/c1-3-14(25-26(21,22)15-7-4-12(2)5-8-15)10-13-6-9-16-17(11-13)24-18(19,20)23-16/h4-9,11,14H,3,10H2,1-2H3. The molecule has 0 N–H and O–H groups in total. The molecule has 26 heavy (non-hydrogen) atoms. The highest BCUT2D eigenvalue weighted by Crippen LogP contribution is 2.38. The summed E-state index contributed by atoms with van der Waals surface area (Å²) in [6.07, 6.45) is 0.402. The van der Waals surface area contributed by atoms with E-state index < -0.39 is 21.8 Å². The third kappa shape index (κ3) is 4.24. The summed E-state index contributed by atoms with van der Waals surface area (Å²) in [6, 6.07) is 11.8. The third-order valence-corrected chi connectivity index (χ3v) is 5.41. The summed E-state index contributed by atoms with van der Waals surface area (Å²) in [4.78, 5) is 0.142. The SMILES string of the molecule is [B]C1([B])Oc2ccc(CC(CC)OS(=O)(=O)c3ccc(C)cc3)cc2O1. The fourth-order valence-corrected chi connectivity index (χ4v) is 3.80. The molecule has 0 bridgehead atoms. The predicted octanol–water partition coefficient (Wildman–Crippen LogP) is 2.44. The van der Waals surface area contributed by atoms with Crippen LogP contribution >= 0.6 is 0 Å². The van der Waals surface area contributed by atoms with Gasteiger partial charge in [0.1, 0.15) is 0 Å². The van der Waals surface area contributed by atoms with Crippen LogP contribution < -0.4 is 9.47 Å². The van der Waals surface area contributed by atoms with Crippen LogP contribution in [-0.2, 0) is 20.7 Å². The monoisotopic (exact) mass is 368 g/mol. The number of ether oxygens (including phenoxy) is 2. The minimum absolute atomic E-state index is 0.142. The fraction of sp³-hybridized carbons (Fsp3) is 0.333. The van der Waals surface area contributed by atoms with Crippen LogP contribution in [0.2, 0.25) is 0 Å². The van der Waals surface area contributed by atoms with E-state index in [-0.39, 0.29) is 4.90 Å². The normalized spacial score (nSPS) is 16.4. The quantitative estimate of drug-likeness (QED) is 0.579. The van der Waals surface area contributed by atoms with E-state index in [1.807, 2.05) is 13.8 Å². The molecule has 0 aromatic heterocycles. The molecule has 0 amide bonds. The Morgan fingerprint density at radius 2 is 1.73 bits per heavy atom. The second-order valence-electron chi connectivity index (χ2n) is 6.30. The van der Waals surface area contributed by atoms with Gasteiger partial charge in [-0.25, -0.2) is 0 Å². The van der Waals surface area contributed by atoms with Gasteiger partial charge in [-0.15, -0.1) is 0 Å². The summed E-state index contributed by atoms with van der Waals surface area (Å²) in [5, 5.41) is 0. The van der Waals surface area contributed by atoms with Gasteiger partial charge in [-0.2, -0.15) is 8.42 Å². The first-order valence-corrected chi connectivity index (χ1v) is 9.68. The lowest BCUT2D eigenvalue weighted by Gasteiger charge is -2.18. The zero-order valence-corrected chi connectivity index (χ0v) is 15.5. The second-order valence-corrected chi connectivity index (χ2v) is 7.88. The average Bonchev–Trinajstić information content (AvgIpc) is 2.87. The molecule has 0 fully saturated rings. The topological polar surface area (TPSA) is 61.8 Å². The van der Waals surface area contributed by atoms with Gasteiger partial charge in [0.2, 0.25) is 0 Å². The zero-order chi connectivity index (χ0) is 18.9. The van der Waals surface area contributed by atoms with Crippen molar-refractivity contribution in [3.63, 3.8) is 0 Å². The van der Waals surface area contributed by atoms with Crippen molar-refractivity contribution in [3.05, 3.63) is 53.6 Å². The molecule has 2 aromatic carbocycles. The fourth-order valence-electron chi connectivity index (χ4n) is 2.66. The highest BCUT2D eigenvalue weighted by molar-refractivity contribution is 7.86. The molecular weight excluding hydrogens is 350 g/mol. The smallest absolute Gasteiger partial charge is 0.297 e. The lowest BCUT2D eigenvalue weighted by Crippen LogP contribution is -2.39. The van der Waals surface area contributed by atoms with Gasteiger partial charge >= 0.3 is 0 Å². The van der Waals surface area contributed by atoms with E-state index in [2.05, 4.69) is 0 Å². The number of rotatable bonds is 6. The van der Waals surface area contributed by atoms with Gasteiger partial charge in [0.05, 0.1) is 11.0 Å². The Hall–Kier alpha value is -1.92. The van der Waals surface area contributed by atoms with Crippen molar-refractivity contribution in [2.24, 2.45) is 0 Å². The minimum Gasteiger partial charge on any atom is -0.468 e. The third-order valence-electron chi connectivity index (χ3n) is 4.04. The van der Waals surface area contributed by atoms with Gasteiger partial charge in [-0.3, -0.25) is 4.18 Å². The van der Waals surface area contributed by atoms with Gasteiger partial charge < -0.3 is 9.47 Å². The molecule has 0 saturated carbocycles. The van der Waals surface area contributed by atoms with Crippen molar-refractivity contribution in [3.8, 4) is 11.5 Å². The average molecular weight is 368 g/mol. The van der Waals surface area contributed by atoms with Crippen LogP contribution in [-0.4, -0.2) is 35.8 Å². The number of benzene rings is 2. The molecule has 1 aliphatic heterocycles. The maximum Gasteiger partial charge on any atom is 0.297 e. The molecule has 5 nitrogen and oxygen atoms in total. The molecule has 8 heteroatoms. The van der Waals surface area contributed by atoms with Crippen molar-refractivity contribution < 1.29 is 22.1 Å².